The predicted molar refractivity (Wildman–Crippen MR) is 122 cm³/mol. The van der Waals surface area contributed by atoms with Gasteiger partial charge in [0.05, 0.1) is 23.9 Å². The van der Waals surface area contributed by atoms with Gasteiger partial charge in [0.2, 0.25) is 0 Å². The molecule has 0 saturated carbocycles. The fourth-order valence-electron chi connectivity index (χ4n) is 1.38. The number of unbranched alkanes of at least 4 members (excludes halogenated alkanes) is 4. The Hall–Kier alpha value is -2.24. The Labute approximate surface area is 217 Å². The van der Waals surface area contributed by atoms with Crippen LogP contribution in [-0.4, -0.2) is 51.2 Å². The standard InChI is InChI=1S/4C6H10O2.Pb/c4*1-2-3-4-5-6(7)8;/h4*4-5H,2-3H2,1H3,(H,7,8);/q;;;;+4/p-4/b4*5-4+;. The first-order valence-electron chi connectivity index (χ1n) is 10.6. The van der Waals surface area contributed by atoms with Gasteiger partial charge in [0.25, 0.3) is 0 Å². The van der Waals surface area contributed by atoms with Crippen molar-refractivity contribution in [3.05, 3.63) is 48.6 Å². The van der Waals surface area contributed by atoms with Gasteiger partial charge >= 0.3 is 27.3 Å². The Morgan fingerprint density at radius 2 is 0.606 bits per heavy atom. The molecule has 0 bridgehead atoms. The average molecular weight is 660 g/mol. The fourth-order valence-corrected chi connectivity index (χ4v) is 1.38. The van der Waals surface area contributed by atoms with Crippen molar-refractivity contribution >= 4 is 51.2 Å². The Kier molecular flexibility index (Phi) is 46.2. The molecule has 0 aromatic heterocycles. The summed E-state index contributed by atoms with van der Waals surface area (Å²) >= 11 is 0. The molecule has 0 aromatic rings. The molecule has 0 aromatic carbocycles. The fraction of sp³-hybridized carbons (Fsp3) is 0.500. The van der Waals surface area contributed by atoms with Gasteiger partial charge in [0.15, 0.2) is 0 Å². The Bertz CT molecular complexity index is 489. The van der Waals surface area contributed by atoms with E-state index in [2.05, 4.69) is 0 Å². The van der Waals surface area contributed by atoms with Crippen molar-refractivity contribution in [1.82, 2.24) is 0 Å². The van der Waals surface area contributed by atoms with Crippen molar-refractivity contribution < 1.29 is 39.6 Å². The molecule has 0 N–H and O–H groups in total. The number of rotatable bonds is 12. The van der Waals surface area contributed by atoms with Crippen molar-refractivity contribution in [3.63, 3.8) is 0 Å². The Morgan fingerprint density at radius 3 is 0.697 bits per heavy atom. The number of hydrogen-bond donors (Lipinski definition) is 0. The van der Waals surface area contributed by atoms with Gasteiger partial charge in [-0.15, -0.1) is 0 Å². The number of allylic oxidation sites excluding steroid dienone is 4. The normalized spacial score (nSPS) is 9.82. The van der Waals surface area contributed by atoms with Crippen LogP contribution in [0.1, 0.15) is 79.1 Å². The van der Waals surface area contributed by atoms with Gasteiger partial charge in [0.1, 0.15) is 0 Å². The third-order valence-electron chi connectivity index (χ3n) is 2.84. The maximum atomic E-state index is 9.68. The summed E-state index contributed by atoms with van der Waals surface area (Å²) in [6.45, 7) is 7.94. The number of hydrogen-bond acceptors (Lipinski definition) is 8. The van der Waals surface area contributed by atoms with E-state index >= 15 is 0 Å². The van der Waals surface area contributed by atoms with E-state index in [0.29, 0.717) is 0 Å². The van der Waals surface area contributed by atoms with Crippen molar-refractivity contribution in [2.75, 3.05) is 0 Å². The number of aliphatic carboxylic acids is 4. The molecule has 0 heterocycles. The molecule has 8 nitrogen and oxygen atoms in total. The second-order valence-corrected chi connectivity index (χ2v) is 6.04. The number of carbonyl (C=O) groups excluding carboxylic acids is 4. The van der Waals surface area contributed by atoms with Crippen LogP contribution in [0.2, 0.25) is 0 Å². The van der Waals surface area contributed by atoms with Crippen LogP contribution in [-0.2, 0) is 19.2 Å². The zero-order valence-corrected chi connectivity index (χ0v) is 23.9. The van der Waals surface area contributed by atoms with Gasteiger partial charge < -0.3 is 39.6 Å². The second kappa shape index (κ2) is 37.1. The molecular formula is C24H36O8Pb. The molecule has 0 amide bonds. The second-order valence-electron chi connectivity index (χ2n) is 6.04. The van der Waals surface area contributed by atoms with Crippen molar-refractivity contribution in [2.24, 2.45) is 0 Å². The SMILES string of the molecule is CCC/C=C/C(=O)[O-].CCC/C=C/C(=O)[O-].CCC/C=C/C(=O)[O-].CCC/C=C/C(=O)[O-].[Pb+4]. The third-order valence-corrected chi connectivity index (χ3v) is 2.84. The van der Waals surface area contributed by atoms with E-state index in [0.717, 1.165) is 75.7 Å². The maximum absolute atomic E-state index is 9.68. The summed E-state index contributed by atoms with van der Waals surface area (Å²) in [5.41, 5.74) is 0. The van der Waals surface area contributed by atoms with Gasteiger partial charge in [0, 0.05) is 0 Å². The van der Waals surface area contributed by atoms with E-state index in [1.807, 2.05) is 27.7 Å². The summed E-state index contributed by atoms with van der Waals surface area (Å²) in [7, 11) is 0. The van der Waals surface area contributed by atoms with Crippen LogP contribution in [0.5, 0.6) is 0 Å². The average Bonchev–Trinajstić information content (AvgIpc) is 2.69. The molecule has 33 heavy (non-hydrogen) atoms. The van der Waals surface area contributed by atoms with Gasteiger partial charge in [-0.3, -0.25) is 0 Å². The van der Waals surface area contributed by atoms with Crippen LogP contribution >= 0.6 is 0 Å². The van der Waals surface area contributed by atoms with Crippen molar-refractivity contribution in [3.8, 4) is 0 Å². The first kappa shape index (κ1) is 41.1. The van der Waals surface area contributed by atoms with Crippen LogP contribution in [0.3, 0.4) is 0 Å². The minimum absolute atomic E-state index is 0. The van der Waals surface area contributed by atoms with E-state index in [1.165, 1.54) is 0 Å². The van der Waals surface area contributed by atoms with Gasteiger partial charge in [-0.25, -0.2) is 0 Å². The first-order chi connectivity index (χ1) is 15.1. The molecule has 0 radical (unpaired) electrons. The topological polar surface area (TPSA) is 161 Å². The van der Waals surface area contributed by atoms with Gasteiger partial charge in [-0.2, -0.15) is 0 Å². The van der Waals surface area contributed by atoms with Crippen molar-refractivity contribution in [1.29, 1.82) is 0 Å². The largest absolute Gasteiger partial charge is 4.00 e. The molecule has 0 unspecified atom stereocenters. The van der Waals surface area contributed by atoms with E-state index in [1.54, 1.807) is 24.3 Å². The van der Waals surface area contributed by atoms with Crippen molar-refractivity contribution in [2.45, 2.75) is 79.1 Å². The van der Waals surface area contributed by atoms with Crippen LogP contribution in [0, 0.1) is 0 Å². The van der Waals surface area contributed by atoms with E-state index < -0.39 is 23.9 Å². The summed E-state index contributed by atoms with van der Waals surface area (Å²) in [4.78, 5) is 38.7. The molecule has 0 rings (SSSR count). The van der Waals surface area contributed by atoms with E-state index in [9.17, 15) is 39.6 Å². The third kappa shape index (κ3) is 72.7. The van der Waals surface area contributed by atoms with E-state index in [4.69, 9.17) is 0 Å². The summed E-state index contributed by atoms with van der Waals surface area (Å²) in [5, 5.41) is 38.7. The van der Waals surface area contributed by atoms with Gasteiger partial charge in [-0.1, -0.05) is 77.7 Å². The minimum Gasteiger partial charge on any atom is -0.545 e. The summed E-state index contributed by atoms with van der Waals surface area (Å²) in [5.74, 6) is -4.45. The predicted octanol–water partition coefficient (Wildman–Crippen LogP) is -0.0104. The first-order valence-corrected chi connectivity index (χ1v) is 10.6. The number of carboxylic acids is 4. The molecule has 0 aliphatic heterocycles. The summed E-state index contributed by atoms with van der Waals surface area (Å²) in [6.07, 6.45) is 17.8. The maximum Gasteiger partial charge on any atom is 4.00 e. The molecule has 0 saturated heterocycles. The zero-order valence-electron chi connectivity index (χ0n) is 20.0. The number of carbonyl (C=O) groups is 4. The monoisotopic (exact) mass is 660 g/mol. The van der Waals surface area contributed by atoms with Crippen LogP contribution in [0.25, 0.3) is 0 Å². The minimum atomic E-state index is -1.11. The number of carboxylic acid groups (broad SMARTS) is 4. The molecule has 0 aliphatic rings. The Morgan fingerprint density at radius 1 is 0.455 bits per heavy atom. The molecular weight excluding hydrogens is 623 g/mol. The quantitative estimate of drug-likeness (QED) is 0.209. The Balaban J connectivity index is -0.000000105. The van der Waals surface area contributed by atoms with Crippen LogP contribution in [0.15, 0.2) is 48.6 Å². The zero-order chi connectivity index (χ0) is 25.6. The smallest absolute Gasteiger partial charge is 0.545 e. The summed E-state index contributed by atoms with van der Waals surface area (Å²) < 4.78 is 0. The molecule has 0 spiro atoms. The van der Waals surface area contributed by atoms with Gasteiger partial charge in [-0.05, 0) is 50.0 Å². The molecule has 9 heteroatoms. The van der Waals surface area contributed by atoms with Crippen LogP contribution < -0.4 is 20.4 Å². The van der Waals surface area contributed by atoms with E-state index in [-0.39, 0.29) is 27.3 Å². The summed E-state index contributed by atoms with van der Waals surface area (Å²) in [6, 6.07) is 0. The van der Waals surface area contributed by atoms with Crippen LogP contribution in [0.4, 0.5) is 0 Å². The molecule has 184 valence electrons. The molecule has 0 aliphatic carbocycles. The molecule has 0 fully saturated rings. The molecule has 0 atom stereocenters.